The molecule has 4 rings (SSSR count). The summed E-state index contributed by atoms with van der Waals surface area (Å²) in [5.74, 6) is 0.245. The SMILES string of the molecule is CN1CCC(n2c(=O)c3cc(O)ccc3c3ccc(O)cc32)CC1. The molecule has 0 aliphatic carbocycles. The second kappa shape index (κ2) is 5.53. The Bertz CT molecular complexity index is 985. The van der Waals surface area contributed by atoms with E-state index in [4.69, 9.17) is 0 Å². The molecule has 1 saturated heterocycles. The van der Waals surface area contributed by atoms with Gasteiger partial charge in [-0.2, -0.15) is 0 Å². The molecule has 24 heavy (non-hydrogen) atoms. The van der Waals surface area contributed by atoms with Crippen LogP contribution in [-0.4, -0.2) is 39.8 Å². The normalized spacial score (nSPS) is 16.9. The van der Waals surface area contributed by atoms with Crippen LogP contribution < -0.4 is 5.56 Å². The summed E-state index contributed by atoms with van der Waals surface area (Å²) in [5, 5.41) is 22.0. The quantitative estimate of drug-likeness (QED) is 0.676. The van der Waals surface area contributed by atoms with Crippen LogP contribution >= 0.6 is 0 Å². The van der Waals surface area contributed by atoms with E-state index in [1.807, 2.05) is 10.6 Å². The number of rotatable bonds is 1. The molecule has 0 amide bonds. The molecule has 1 aromatic heterocycles. The van der Waals surface area contributed by atoms with Crippen molar-refractivity contribution in [1.82, 2.24) is 9.47 Å². The summed E-state index contributed by atoms with van der Waals surface area (Å²) in [7, 11) is 2.08. The fraction of sp³-hybridized carbons (Fsp3) is 0.316. The van der Waals surface area contributed by atoms with E-state index in [9.17, 15) is 15.0 Å². The van der Waals surface area contributed by atoms with Gasteiger partial charge in [-0.25, -0.2) is 0 Å². The molecule has 0 unspecified atom stereocenters. The minimum atomic E-state index is -0.103. The van der Waals surface area contributed by atoms with Gasteiger partial charge in [-0.15, -0.1) is 0 Å². The Hall–Kier alpha value is -2.53. The van der Waals surface area contributed by atoms with Gasteiger partial charge in [-0.3, -0.25) is 4.79 Å². The van der Waals surface area contributed by atoms with E-state index in [1.54, 1.807) is 24.3 Å². The Morgan fingerprint density at radius 1 is 0.917 bits per heavy atom. The third-order valence-electron chi connectivity index (χ3n) is 5.04. The molecule has 5 heteroatoms. The average molecular weight is 324 g/mol. The standard InChI is InChI=1S/C19H20N2O3/c1-20-8-6-12(7-9-20)21-18-11-14(23)3-5-16(18)15-4-2-13(22)10-17(15)19(21)24/h2-5,10-12,22-23H,6-9H2,1H3. The lowest BCUT2D eigenvalue weighted by Crippen LogP contribution is -2.35. The Morgan fingerprint density at radius 3 is 2.25 bits per heavy atom. The summed E-state index contributed by atoms with van der Waals surface area (Å²) >= 11 is 0. The highest BCUT2D eigenvalue weighted by atomic mass is 16.3. The lowest BCUT2D eigenvalue weighted by molar-refractivity contribution is 0.222. The van der Waals surface area contributed by atoms with Crippen molar-refractivity contribution in [2.24, 2.45) is 0 Å². The van der Waals surface area contributed by atoms with Crippen LogP contribution in [0.25, 0.3) is 21.7 Å². The first-order valence-corrected chi connectivity index (χ1v) is 8.23. The van der Waals surface area contributed by atoms with Crippen molar-refractivity contribution in [3.63, 3.8) is 0 Å². The van der Waals surface area contributed by atoms with Gasteiger partial charge in [0.1, 0.15) is 11.5 Å². The number of piperidine rings is 1. The molecule has 0 spiro atoms. The van der Waals surface area contributed by atoms with E-state index in [0.29, 0.717) is 5.39 Å². The molecule has 5 nitrogen and oxygen atoms in total. The minimum absolute atomic E-state index is 0.0904. The summed E-state index contributed by atoms with van der Waals surface area (Å²) in [6.07, 6.45) is 1.79. The van der Waals surface area contributed by atoms with Crippen molar-refractivity contribution in [2.75, 3.05) is 20.1 Å². The number of fused-ring (bicyclic) bond motifs is 3. The van der Waals surface area contributed by atoms with Crippen LogP contribution in [0.3, 0.4) is 0 Å². The second-order valence-corrected chi connectivity index (χ2v) is 6.64. The Labute approximate surface area is 139 Å². The van der Waals surface area contributed by atoms with E-state index in [0.717, 1.165) is 42.2 Å². The van der Waals surface area contributed by atoms with Gasteiger partial charge in [-0.1, -0.05) is 0 Å². The Morgan fingerprint density at radius 2 is 1.54 bits per heavy atom. The van der Waals surface area contributed by atoms with Gasteiger partial charge in [-0.05, 0) is 68.7 Å². The van der Waals surface area contributed by atoms with Crippen molar-refractivity contribution >= 4 is 21.7 Å². The molecule has 0 radical (unpaired) electrons. The highest BCUT2D eigenvalue weighted by Crippen LogP contribution is 2.31. The first-order valence-electron chi connectivity index (χ1n) is 8.23. The van der Waals surface area contributed by atoms with Crippen LogP contribution in [0.2, 0.25) is 0 Å². The maximum Gasteiger partial charge on any atom is 0.259 e. The molecule has 124 valence electrons. The number of hydrogen-bond acceptors (Lipinski definition) is 4. The van der Waals surface area contributed by atoms with Gasteiger partial charge in [0.15, 0.2) is 0 Å². The third kappa shape index (κ3) is 2.32. The van der Waals surface area contributed by atoms with Crippen LogP contribution in [0, 0.1) is 0 Å². The molecule has 2 N–H and O–H groups in total. The van der Waals surface area contributed by atoms with Crippen LogP contribution in [0.15, 0.2) is 41.2 Å². The number of likely N-dealkylation sites (tertiary alicyclic amines) is 1. The van der Waals surface area contributed by atoms with Crippen molar-refractivity contribution in [1.29, 1.82) is 0 Å². The van der Waals surface area contributed by atoms with Crippen molar-refractivity contribution in [3.05, 3.63) is 46.8 Å². The molecule has 1 aliphatic rings. The highest BCUT2D eigenvalue weighted by Gasteiger charge is 2.22. The molecule has 0 atom stereocenters. The summed E-state index contributed by atoms with van der Waals surface area (Å²) in [6.45, 7) is 1.88. The van der Waals surface area contributed by atoms with Gasteiger partial charge >= 0.3 is 0 Å². The van der Waals surface area contributed by atoms with E-state index < -0.39 is 0 Å². The molecular formula is C19H20N2O3. The lowest BCUT2D eigenvalue weighted by Gasteiger charge is -2.31. The summed E-state index contributed by atoms with van der Waals surface area (Å²) in [4.78, 5) is 15.4. The van der Waals surface area contributed by atoms with E-state index in [2.05, 4.69) is 11.9 Å². The fourth-order valence-electron chi connectivity index (χ4n) is 3.75. The molecule has 2 aromatic carbocycles. The van der Waals surface area contributed by atoms with Gasteiger partial charge in [0, 0.05) is 17.5 Å². The molecule has 1 fully saturated rings. The van der Waals surface area contributed by atoms with Gasteiger partial charge in [0.2, 0.25) is 0 Å². The molecule has 2 heterocycles. The number of nitrogens with zero attached hydrogens (tertiary/aromatic N) is 2. The van der Waals surface area contributed by atoms with Crippen LogP contribution in [-0.2, 0) is 0 Å². The van der Waals surface area contributed by atoms with Crippen LogP contribution in [0.4, 0.5) is 0 Å². The first kappa shape index (κ1) is 15.0. The maximum atomic E-state index is 13.1. The molecule has 0 saturated carbocycles. The largest absolute Gasteiger partial charge is 0.508 e. The number of hydrogen-bond donors (Lipinski definition) is 2. The third-order valence-corrected chi connectivity index (χ3v) is 5.04. The van der Waals surface area contributed by atoms with Crippen LogP contribution in [0.5, 0.6) is 11.5 Å². The predicted octanol–water partition coefficient (Wildman–Crippen LogP) is 2.83. The van der Waals surface area contributed by atoms with Crippen LogP contribution in [0.1, 0.15) is 18.9 Å². The summed E-state index contributed by atoms with van der Waals surface area (Å²) in [5.41, 5.74) is 0.654. The van der Waals surface area contributed by atoms with E-state index in [1.165, 1.54) is 6.07 Å². The molecule has 0 bridgehead atoms. The lowest BCUT2D eigenvalue weighted by atomic mass is 10.0. The van der Waals surface area contributed by atoms with E-state index >= 15 is 0 Å². The zero-order chi connectivity index (χ0) is 16.8. The number of phenolic OH excluding ortho intramolecular Hbond substituents is 2. The van der Waals surface area contributed by atoms with Gasteiger partial charge in [0.05, 0.1) is 10.9 Å². The minimum Gasteiger partial charge on any atom is -0.508 e. The number of phenols is 2. The van der Waals surface area contributed by atoms with Crippen molar-refractivity contribution in [3.8, 4) is 11.5 Å². The monoisotopic (exact) mass is 324 g/mol. The zero-order valence-electron chi connectivity index (χ0n) is 13.6. The Balaban J connectivity index is 2.07. The molecule has 3 aromatic rings. The van der Waals surface area contributed by atoms with Gasteiger partial charge < -0.3 is 19.7 Å². The first-order chi connectivity index (χ1) is 11.5. The maximum absolute atomic E-state index is 13.1. The number of aromatic hydroxyl groups is 2. The molecule has 1 aliphatic heterocycles. The second-order valence-electron chi connectivity index (χ2n) is 6.64. The zero-order valence-corrected chi connectivity index (χ0v) is 13.6. The number of aromatic nitrogens is 1. The number of benzene rings is 2. The number of pyridine rings is 1. The summed E-state index contributed by atoms with van der Waals surface area (Å²) < 4.78 is 1.81. The van der Waals surface area contributed by atoms with E-state index in [-0.39, 0.29) is 23.1 Å². The summed E-state index contributed by atoms with van der Waals surface area (Å²) in [6, 6.07) is 10.1. The molecular weight excluding hydrogens is 304 g/mol. The predicted molar refractivity (Wildman–Crippen MR) is 94.8 cm³/mol. The van der Waals surface area contributed by atoms with Crippen molar-refractivity contribution < 1.29 is 10.2 Å². The highest BCUT2D eigenvalue weighted by molar-refractivity contribution is 6.06. The fourth-order valence-corrected chi connectivity index (χ4v) is 3.75. The topological polar surface area (TPSA) is 65.7 Å². The smallest absolute Gasteiger partial charge is 0.259 e. The van der Waals surface area contributed by atoms with Crippen molar-refractivity contribution in [2.45, 2.75) is 18.9 Å². The van der Waals surface area contributed by atoms with Gasteiger partial charge in [0.25, 0.3) is 5.56 Å². The Kier molecular flexibility index (Phi) is 3.46. The average Bonchev–Trinajstić information content (AvgIpc) is 2.57.